The Morgan fingerprint density at radius 2 is 1.97 bits per heavy atom. The Morgan fingerprint density at radius 1 is 1.16 bits per heavy atom. The number of carbonyl (C=O) groups is 2. The number of carbonyl (C=O) groups excluding carboxylic acids is 2. The minimum absolute atomic E-state index is 0.0562. The Kier molecular flexibility index (Phi) is 5.04. The lowest BCUT2D eigenvalue weighted by Crippen LogP contribution is -2.50. The summed E-state index contributed by atoms with van der Waals surface area (Å²) in [5.41, 5.74) is 0.448. The average Bonchev–Trinajstić information content (AvgIpc) is 3.03. The van der Waals surface area contributed by atoms with E-state index < -0.39 is 11.4 Å². The van der Waals surface area contributed by atoms with E-state index in [-0.39, 0.29) is 48.2 Å². The number of nitrogens with zero attached hydrogens (tertiary/aromatic N) is 2. The van der Waals surface area contributed by atoms with E-state index in [4.69, 9.17) is 9.47 Å². The zero-order valence-corrected chi connectivity index (χ0v) is 17.6. The molecule has 1 aromatic carbocycles. The van der Waals surface area contributed by atoms with Gasteiger partial charge in [0.05, 0.1) is 12.6 Å². The number of hydrogen-bond donors (Lipinski definition) is 0. The average molecular weight is 422 g/mol. The van der Waals surface area contributed by atoms with Gasteiger partial charge in [-0.25, -0.2) is 4.79 Å². The van der Waals surface area contributed by atoms with Crippen molar-refractivity contribution in [2.45, 2.75) is 57.8 Å². The number of aromatic nitrogens is 1. The van der Waals surface area contributed by atoms with Gasteiger partial charge in [0.1, 0.15) is 12.2 Å². The second-order valence-corrected chi connectivity index (χ2v) is 8.56. The summed E-state index contributed by atoms with van der Waals surface area (Å²) in [6.45, 7) is 2.56. The molecular weight excluding hydrogens is 396 g/mol. The Balaban J connectivity index is 1.59. The van der Waals surface area contributed by atoms with Crippen LogP contribution in [0.4, 0.5) is 0 Å². The number of benzene rings is 1. The van der Waals surface area contributed by atoms with E-state index in [0.29, 0.717) is 12.5 Å². The van der Waals surface area contributed by atoms with E-state index in [0.717, 1.165) is 31.2 Å². The highest BCUT2D eigenvalue weighted by molar-refractivity contribution is 5.98. The molecule has 3 atom stereocenters. The third kappa shape index (κ3) is 3.32. The zero-order valence-electron chi connectivity index (χ0n) is 17.6. The second-order valence-electron chi connectivity index (χ2n) is 8.56. The van der Waals surface area contributed by atoms with Gasteiger partial charge in [-0.3, -0.25) is 9.59 Å². The topological polar surface area (TPSA) is 77.8 Å². The van der Waals surface area contributed by atoms with Gasteiger partial charge in [0.25, 0.3) is 5.91 Å². The standard InChI is InChI=1S/C24H26N2O5/c1-2-30-24(29)18-12-25-13-19-16-9-6-10-17(11-16)26(19)23(28)20(25)22(21(18)27)31-14-15-7-4-3-5-8-15/h3-5,7-8,12,16-17,19H,2,6,9-11,13-14H2,1H3/t16?,17-,19+/m0/s1. The molecule has 7 heteroatoms. The number of esters is 1. The van der Waals surface area contributed by atoms with Crippen molar-refractivity contribution < 1.29 is 19.1 Å². The van der Waals surface area contributed by atoms with Crippen molar-refractivity contribution >= 4 is 11.9 Å². The van der Waals surface area contributed by atoms with Gasteiger partial charge in [-0.05, 0) is 37.7 Å². The van der Waals surface area contributed by atoms with Crippen LogP contribution in [-0.2, 0) is 17.9 Å². The van der Waals surface area contributed by atoms with Gasteiger partial charge in [-0.15, -0.1) is 0 Å². The van der Waals surface area contributed by atoms with Crippen molar-refractivity contribution in [3.8, 4) is 5.75 Å². The third-order valence-electron chi connectivity index (χ3n) is 6.76. The van der Waals surface area contributed by atoms with Gasteiger partial charge in [0.15, 0.2) is 11.4 Å². The highest BCUT2D eigenvalue weighted by Crippen LogP contribution is 2.44. The number of fused-ring (bicyclic) bond motifs is 6. The van der Waals surface area contributed by atoms with Crippen LogP contribution in [0.2, 0.25) is 0 Å². The lowest BCUT2D eigenvalue weighted by atomic mass is 9.87. The van der Waals surface area contributed by atoms with Crippen LogP contribution in [0.5, 0.6) is 5.75 Å². The van der Waals surface area contributed by atoms with E-state index in [2.05, 4.69) is 0 Å². The van der Waals surface area contributed by atoms with Gasteiger partial charge in [0.2, 0.25) is 5.43 Å². The summed E-state index contributed by atoms with van der Waals surface area (Å²) in [5, 5.41) is 0. The van der Waals surface area contributed by atoms with Crippen LogP contribution >= 0.6 is 0 Å². The molecule has 2 aromatic rings. The predicted molar refractivity (Wildman–Crippen MR) is 113 cm³/mol. The van der Waals surface area contributed by atoms with E-state index >= 15 is 0 Å². The van der Waals surface area contributed by atoms with Crippen molar-refractivity contribution in [1.82, 2.24) is 9.47 Å². The Morgan fingerprint density at radius 3 is 2.74 bits per heavy atom. The summed E-state index contributed by atoms with van der Waals surface area (Å²) >= 11 is 0. The van der Waals surface area contributed by atoms with Crippen LogP contribution in [0, 0.1) is 5.92 Å². The Bertz CT molecular complexity index is 1080. The molecule has 1 saturated heterocycles. The fourth-order valence-corrected chi connectivity index (χ4v) is 5.40. The lowest BCUT2D eigenvalue weighted by molar-refractivity contribution is 0.0509. The van der Waals surface area contributed by atoms with E-state index in [1.165, 1.54) is 6.20 Å². The summed E-state index contributed by atoms with van der Waals surface area (Å²) < 4.78 is 12.8. The molecule has 0 radical (unpaired) electrons. The van der Waals surface area contributed by atoms with Crippen LogP contribution in [0.3, 0.4) is 0 Å². The number of amides is 1. The van der Waals surface area contributed by atoms with Crippen molar-refractivity contribution in [2.24, 2.45) is 5.92 Å². The molecule has 2 fully saturated rings. The molecule has 2 bridgehead atoms. The van der Waals surface area contributed by atoms with Crippen molar-refractivity contribution in [2.75, 3.05) is 6.61 Å². The summed E-state index contributed by atoms with van der Waals surface area (Å²) in [5.74, 6) is -0.442. The first-order valence-corrected chi connectivity index (χ1v) is 11.0. The second kappa shape index (κ2) is 7.87. The fraction of sp³-hybridized carbons (Fsp3) is 0.458. The molecule has 0 spiro atoms. The first-order chi connectivity index (χ1) is 15.1. The van der Waals surface area contributed by atoms with E-state index in [9.17, 15) is 14.4 Å². The quantitative estimate of drug-likeness (QED) is 0.693. The number of rotatable bonds is 5. The first kappa shape index (κ1) is 19.8. The predicted octanol–water partition coefficient (Wildman–Crippen LogP) is 3.00. The fourth-order valence-electron chi connectivity index (χ4n) is 5.40. The largest absolute Gasteiger partial charge is 0.483 e. The summed E-state index contributed by atoms with van der Waals surface area (Å²) in [6.07, 6.45) is 5.74. The van der Waals surface area contributed by atoms with Crippen LogP contribution < -0.4 is 10.2 Å². The lowest BCUT2D eigenvalue weighted by Gasteiger charge is -2.37. The third-order valence-corrected chi connectivity index (χ3v) is 6.76. The summed E-state index contributed by atoms with van der Waals surface area (Å²) in [6, 6.07) is 9.78. The highest BCUT2D eigenvalue weighted by atomic mass is 16.5. The minimum atomic E-state index is -0.688. The van der Waals surface area contributed by atoms with E-state index in [1.807, 2.05) is 35.2 Å². The molecule has 1 amide bonds. The molecule has 162 valence electrons. The molecule has 3 heterocycles. The molecule has 1 aromatic heterocycles. The molecule has 7 nitrogen and oxygen atoms in total. The number of pyridine rings is 1. The van der Waals surface area contributed by atoms with Crippen LogP contribution in [-0.4, -0.2) is 40.0 Å². The van der Waals surface area contributed by atoms with Crippen LogP contribution in [0.1, 0.15) is 59.0 Å². The van der Waals surface area contributed by atoms with Gasteiger partial charge in [-0.2, -0.15) is 0 Å². The van der Waals surface area contributed by atoms with Crippen molar-refractivity contribution in [3.63, 3.8) is 0 Å². The maximum absolute atomic E-state index is 13.6. The van der Waals surface area contributed by atoms with E-state index in [1.54, 1.807) is 11.5 Å². The van der Waals surface area contributed by atoms with Crippen molar-refractivity contribution in [1.29, 1.82) is 0 Å². The Labute approximate surface area is 180 Å². The highest BCUT2D eigenvalue weighted by Gasteiger charge is 2.49. The molecule has 1 saturated carbocycles. The summed E-state index contributed by atoms with van der Waals surface area (Å²) in [4.78, 5) is 41.3. The molecule has 1 unspecified atom stereocenters. The minimum Gasteiger partial charge on any atom is -0.483 e. The molecule has 31 heavy (non-hydrogen) atoms. The molecule has 0 N–H and O–H groups in total. The Hall–Kier alpha value is -3.09. The molecular formula is C24H26N2O5. The first-order valence-electron chi connectivity index (χ1n) is 11.0. The molecule has 2 aliphatic heterocycles. The monoisotopic (exact) mass is 422 g/mol. The maximum Gasteiger partial charge on any atom is 0.343 e. The smallest absolute Gasteiger partial charge is 0.343 e. The van der Waals surface area contributed by atoms with Crippen LogP contribution in [0.15, 0.2) is 41.3 Å². The van der Waals surface area contributed by atoms with Gasteiger partial charge < -0.3 is 18.9 Å². The zero-order chi connectivity index (χ0) is 21.5. The number of ether oxygens (including phenoxy) is 2. The molecule has 1 aliphatic carbocycles. The number of hydrogen-bond acceptors (Lipinski definition) is 5. The SMILES string of the molecule is CCOC(=O)c1cn2c(c(OCc3ccccc3)c1=O)C(=O)N1[C@H]3CCCC(C3)[C@H]1C2. The van der Waals surface area contributed by atoms with Gasteiger partial charge in [0, 0.05) is 18.8 Å². The normalized spacial score (nSPS) is 23.8. The maximum atomic E-state index is 13.6. The molecule has 3 aliphatic rings. The summed E-state index contributed by atoms with van der Waals surface area (Å²) in [7, 11) is 0. The van der Waals surface area contributed by atoms with Crippen LogP contribution in [0.25, 0.3) is 0 Å². The van der Waals surface area contributed by atoms with Crippen molar-refractivity contribution in [3.05, 3.63) is 63.6 Å². The molecule has 5 rings (SSSR count). The van der Waals surface area contributed by atoms with Gasteiger partial charge in [-0.1, -0.05) is 36.8 Å². The van der Waals surface area contributed by atoms with Gasteiger partial charge >= 0.3 is 5.97 Å².